The van der Waals surface area contributed by atoms with E-state index in [1.807, 2.05) is 12.1 Å². The van der Waals surface area contributed by atoms with Gasteiger partial charge < -0.3 is 5.32 Å². The van der Waals surface area contributed by atoms with Crippen molar-refractivity contribution >= 4 is 56.4 Å². The number of benzene rings is 1. The van der Waals surface area contributed by atoms with Crippen molar-refractivity contribution in [3.63, 3.8) is 0 Å². The Balaban J connectivity index is 2.06. The van der Waals surface area contributed by atoms with Crippen LogP contribution in [-0.4, -0.2) is 5.91 Å². The summed E-state index contributed by atoms with van der Waals surface area (Å²) in [6.45, 7) is 0.470. The summed E-state index contributed by atoms with van der Waals surface area (Å²) in [5.41, 5.74) is 0.389. The van der Waals surface area contributed by atoms with Gasteiger partial charge in [0.05, 0.1) is 25.9 Å². The van der Waals surface area contributed by atoms with Gasteiger partial charge in [0, 0.05) is 4.88 Å². The summed E-state index contributed by atoms with van der Waals surface area (Å²) in [7, 11) is 0. The predicted molar refractivity (Wildman–Crippen MR) is 79.7 cm³/mol. The molecule has 18 heavy (non-hydrogen) atoms. The SMILES string of the molecule is O=C(NCc1ccc(Br)s1)c1cccc(Cl)c1Cl. The molecule has 0 aliphatic heterocycles. The molecule has 0 aliphatic rings. The van der Waals surface area contributed by atoms with Crippen LogP contribution in [0.3, 0.4) is 0 Å². The Bertz CT molecular complexity index is 585. The maximum Gasteiger partial charge on any atom is 0.253 e. The largest absolute Gasteiger partial charge is 0.347 e. The van der Waals surface area contributed by atoms with Crippen molar-refractivity contribution in [3.05, 3.63) is 54.6 Å². The lowest BCUT2D eigenvalue weighted by atomic mass is 10.2. The van der Waals surface area contributed by atoms with E-state index in [0.29, 0.717) is 17.1 Å². The maximum absolute atomic E-state index is 11.9. The van der Waals surface area contributed by atoms with Crippen LogP contribution in [0.25, 0.3) is 0 Å². The van der Waals surface area contributed by atoms with E-state index in [1.54, 1.807) is 29.5 Å². The van der Waals surface area contributed by atoms with Gasteiger partial charge in [-0.2, -0.15) is 0 Å². The molecule has 0 saturated heterocycles. The molecule has 1 N–H and O–H groups in total. The number of amides is 1. The average molecular weight is 365 g/mol. The molecule has 1 aromatic heterocycles. The van der Waals surface area contributed by atoms with Crippen LogP contribution in [0.5, 0.6) is 0 Å². The molecule has 0 spiro atoms. The van der Waals surface area contributed by atoms with Crippen LogP contribution in [0.15, 0.2) is 34.1 Å². The minimum atomic E-state index is -0.230. The van der Waals surface area contributed by atoms with Crippen molar-refractivity contribution in [2.45, 2.75) is 6.54 Å². The summed E-state index contributed by atoms with van der Waals surface area (Å²) < 4.78 is 1.03. The Hall–Kier alpha value is -0.550. The Morgan fingerprint density at radius 3 is 2.72 bits per heavy atom. The summed E-state index contributed by atoms with van der Waals surface area (Å²) in [6.07, 6.45) is 0. The summed E-state index contributed by atoms with van der Waals surface area (Å²) in [5, 5.41) is 3.46. The fourth-order valence-electron chi connectivity index (χ4n) is 1.39. The smallest absolute Gasteiger partial charge is 0.253 e. The number of halogens is 3. The van der Waals surface area contributed by atoms with Crippen LogP contribution in [0.4, 0.5) is 0 Å². The van der Waals surface area contributed by atoms with Crippen LogP contribution < -0.4 is 5.32 Å². The molecular weight excluding hydrogens is 357 g/mol. The van der Waals surface area contributed by atoms with E-state index in [1.165, 1.54) is 0 Å². The molecule has 2 rings (SSSR count). The highest BCUT2D eigenvalue weighted by Crippen LogP contribution is 2.26. The van der Waals surface area contributed by atoms with Gasteiger partial charge in [0.2, 0.25) is 0 Å². The van der Waals surface area contributed by atoms with Gasteiger partial charge in [-0.05, 0) is 40.2 Å². The number of thiophene rings is 1. The second-order valence-electron chi connectivity index (χ2n) is 3.49. The first kappa shape index (κ1) is 13.9. The number of hydrogen-bond acceptors (Lipinski definition) is 2. The van der Waals surface area contributed by atoms with Crippen molar-refractivity contribution in [3.8, 4) is 0 Å². The third-order valence-corrected chi connectivity index (χ3v) is 4.69. The van der Waals surface area contributed by atoms with Gasteiger partial charge in [-0.25, -0.2) is 0 Å². The molecule has 0 bridgehead atoms. The third kappa shape index (κ3) is 3.26. The zero-order chi connectivity index (χ0) is 13.1. The Morgan fingerprint density at radius 1 is 1.28 bits per heavy atom. The fourth-order valence-corrected chi connectivity index (χ4v) is 3.20. The summed E-state index contributed by atoms with van der Waals surface area (Å²) in [6, 6.07) is 8.89. The van der Waals surface area contributed by atoms with Crippen molar-refractivity contribution in [1.82, 2.24) is 5.32 Å². The Morgan fingerprint density at radius 2 is 2.06 bits per heavy atom. The lowest BCUT2D eigenvalue weighted by Crippen LogP contribution is -2.22. The normalized spacial score (nSPS) is 10.4. The summed E-state index contributed by atoms with van der Waals surface area (Å²) in [4.78, 5) is 13.0. The van der Waals surface area contributed by atoms with E-state index >= 15 is 0 Å². The van der Waals surface area contributed by atoms with E-state index in [4.69, 9.17) is 23.2 Å². The third-order valence-electron chi connectivity index (χ3n) is 2.25. The fraction of sp³-hybridized carbons (Fsp3) is 0.0833. The van der Waals surface area contributed by atoms with Crippen LogP contribution in [-0.2, 0) is 6.54 Å². The first-order chi connectivity index (χ1) is 8.58. The second kappa shape index (κ2) is 6.06. The van der Waals surface area contributed by atoms with Gasteiger partial charge in [-0.1, -0.05) is 29.3 Å². The summed E-state index contributed by atoms with van der Waals surface area (Å²) in [5.74, 6) is -0.230. The number of carbonyl (C=O) groups excluding carboxylic acids is 1. The average Bonchev–Trinajstić information content (AvgIpc) is 2.76. The molecule has 0 fully saturated rings. The molecule has 2 aromatic rings. The predicted octanol–water partition coefficient (Wildman–Crippen LogP) is 4.75. The van der Waals surface area contributed by atoms with Crippen molar-refractivity contribution < 1.29 is 4.79 Å². The van der Waals surface area contributed by atoms with Gasteiger partial charge in [0.15, 0.2) is 0 Å². The molecule has 0 radical (unpaired) electrons. The van der Waals surface area contributed by atoms with E-state index in [-0.39, 0.29) is 10.9 Å². The van der Waals surface area contributed by atoms with Gasteiger partial charge in [0.1, 0.15) is 0 Å². The lowest BCUT2D eigenvalue weighted by molar-refractivity contribution is 0.0951. The minimum Gasteiger partial charge on any atom is -0.347 e. The molecule has 94 valence electrons. The molecule has 0 saturated carbocycles. The zero-order valence-electron chi connectivity index (χ0n) is 9.04. The molecule has 2 nitrogen and oxygen atoms in total. The van der Waals surface area contributed by atoms with E-state index in [2.05, 4.69) is 21.2 Å². The molecule has 0 unspecified atom stereocenters. The standard InChI is InChI=1S/C12H8BrCl2NOS/c13-10-5-4-7(18-10)6-16-12(17)8-2-1-3-9(14)11(8)15/h1-5H,6H2,(H,16,17). The van der Waals surface area contributed by atoms with Crippen molar-refractivity contribution in [2.24, 2.45) is 0 Å². The zero-order valence-corrected chi connectivity index (χ0v) is 13.0. The first-order valence-electron chi connectivity index (χ1n) is 5.04. The Kier molecular flexibility index (Phi) is 4.67. The van der Waals surface area contributed by atoms with Crippen LogP contribution in [0, 0.1) is 0 Å². The number of nitrogens with one attached hydrogen (secondary N) is 1. The number of rotatable bonds is 3. The topological polar surface area (TPSA) is 29.1 Å². The molecule has 0 aliphatic carbocycles. The van der Waals surface area contributed by atoms with E-state index < -0.39 is 0 Å². The lowest BCUT2D eigenvalue weighted by Gasteiger charge is -2.06. The van der Waals surface area contributed by atoms with Crippen LogP contribution in [0.2, 0.25) is 10.0 Å². The van der Waals surface area contributed by atoms with Crippen LogP contribution in [0.1, 0.15) is 15.2 Å². The highest BCUT2D eigenvalue weighted by molar-refractivity contribution is 9.11. The first-order valence-corrected chi connectivity index (χ1v) is 7.41. The Labute approximate surface area is 127 Å². The van der Waals surface area contributed by atoms with E-state index in [0.717, 1.165) is 8.66 Å². The highest BCUT2D eigenvalue weighted by Gasteiger charge is 2.12. The molecule has 1 amide bonds. The second-order valence-corrected chi connectivity index (χ2v) is 6.82. The molecule has 0 atom stereocenters. The monoisotopic (exact) mass is 363 g/mol. The molecule has 6 heteroatoms. The van der Waals surface area contributed by atoms with Crippen molar-refractivity contribution in [2.75, 3.05) is 0 Å². The summed E-state index contributed by atoms with van der Waals surface area (Å²) >= 11 is 16.8. The van der Waals surface area contributed by atoms with Gasteiger partial charge in [0.25, 0.3) is 5.91 Å². The van der Waals surface area contributed by atoms with Gasteiger partial charge >= 0.3 is 0 Å². The quantitative estimate of drug-likeness (QED) is 0.836. The van der Waals surface area contributed by atoms with Crippen LogP contribution >= 0.6 is 50.5 Å². The number of hydrogen-bond donors (Lipinski definition) is 1. The molecule has 1 aromatic carbocycles. The molecular formula is C12H8BrCl2NOS. The van der Waals surface area contributed by atoms with E-state index in [9.17, 15) is 4.79 Å². The highest BCUT2D eigenvalue weighted by atomic mass is 79.9. The van der Waals surface area contributed by atoms with Crippen molar-refractivity contribution in [1.29, 1.82) is 0 Å². The molecule has 1 heterocycles. The minimum absolute atomic E-state index is 0.230. The van der Waals surface area contributed by atoms with Gasteiger partial charge in [-0.3, -0.25) is 4.79 Å². The number of carbonyl (C=O) groups is 1. The maximum atomic E-state index is 11.9. The van der Waals surface area contributed by atoms with Gasteiger partial charge in [-0.15, -0.1) is 11.3 Å².